The first kappa shape index (κ1) is 21.3. The van der Waals surface area contributed by atoms with Crippen molar-refractivity contribution in [3.63, 3.8) is 0 Å². The van der Waals surface area contributed by atoms with Crippen molar-refractivity contribution in [1.82, 2.24) is 14.9 Å². The van der Waals surface area contributed by atoms with Crippen molar-refractivity contribution in [3.05, 3.63) is 18.0 Å². The summed E-state index contributed by atoms with van der Waals surface area (Å²) in [5.74, 6) is 6.78. The van der Waals surface area contributed by atoms with Gasteiger partial charge in [0.1, 0.15) is 13.2 Å². The second kappa shape index (κ2) is 10.4. The van der Waals surface area contributed by atoms with Gasteiger partial charge in [0.05, 0.1) is 5.56 Å². The molecule has 1 aromatic rings. The van der Waals surface area contributed by atoms with Crippen LogP contribution in [0.25, 0.3) is 0 Å². The third kappa shape index (κ3) is 6.02. The fraction of sp³-hybridized carbons (Fsp3) is 0.667. The number of hydrogen-bond donors (Lipinski definition) is 0. The molecule has 1 aromatic heterocycles. The van der Waals surface area contributed by atoms with Gasteiger partial charge in [-0.3, -0.25) is 4.79 Å². The molecular weight excluding hydrogens is 340 g/mol. The molecule has 0 amide bonds. The van der Waals surface area contributed by atoms with Gasteiger partial charge in [0.15, 0.2) is 5.78 Å². The van der Waals surface area contributed by atoms with Crippen LogP contribution in [0.1, 0.15) is 46.1 Å². The molecule has 0 spiro atoms. The van der Waals surface area contributed by atoms with Crippen LogP contribution < -0.4 is 4.90 Å². The summed E-state index contributed by atoms with van der Waals surface area (Å²) in [4.78, 5) is 25.4. The van der Waals surface area contributed by atoms with Gasteiger partial charge in [0.2, 0.25) is 5.95 Å². The molecule has 6 heteroatoms. The Morgan fingerprint density at radius 2 is 1.81 bits per heavy atom. The van der Waals surface area contributed by atoms with Crippen LogP contribution in [0.3, 0.4) is 0 Å². The summed E-state index contributed by atoms with van der Waals surface area (Å²) in [5.41, 5.74) is 0.757. The molecule has 2 unspecified atom stereocenters. The van der Waals surface area contributed by atoms with E-state index in [1.54, 1.807) is 12.4 Å². The number of Topliss-reactive ketones (excluding diaryl/α,β-unsaturated/α-hetero) is 1. The van der Waals surface area contributed by atoms with Gasteiger partial charge in [-0.25, -0.2) is 9.97 Å². The fourth-order valence-electron chi connectivity index (χ4n) is 3.27. The standard InChI is InChI=1S/C21H32N4O2/c1-6-18-13-24(5)14-19(7-2)25(18)21-22-11-17(12-23-21)9-8-10-27-15-20(26)16(3)4/h11-12,16,18-19H,6-7,10,13-15H2,1-5H3. The van der Waals surface area contributed by atoms with Crippen LogP contribution in [-0.4, -0.2) is 66.1 Å². The maximum atomic E-state index is 11.5. The number of ether oxygens (including phenoxy) is 1. The van der Waals surface area contributed by atoms with Gasteiger partial charge >= 0.3 is 0 Å². The molecule has 1 aliphatic heterocycles. The maximum Gasteiger partial charge on any atom is 0.225 e. The Labute approximate surface area is 163 Å². The summed E-state index contributed by atoms with van der Waals surface area (Å²) in [6, 6.07) is 0.857. The molecule has 0 aromatic carbocycles. The topological polar surface area (TPSA) is 58.6 Å². The van der Waals surface area contributed by atoms with E-state index in [1.165, 1.54) is 0 Å². The lowest BCUT2D eigenvalue weighted by Crippen LogP contribution is -2.58. The second-order valence-electron chi connectivity index (χ2n) is 7.44. The predicted molar refractivity (Wildman–Crippen MR) is 108 cm³/mol. The summed E-state index contributed by atoms with van der Waals surface area (Å²) in [6.45, 7) is 10.6. The molecule has 1 aliphatic rings. The van der Waals surface area contributed by atoms with Crippen LogP contribution >= 0.6 is 0 Å². The van der Waals surface area contributed by atoms with Crippen molar-refractivity contribution in [2.24, 2.45) is 5.92 Å². The van der Waals surface area contributed by atoms with Crippen molar-refractivity contribution >= 4 is 11.7 Å². The number of aromatic nitrogens is 2. The van der Waals surface area contributed by atoms with Gasteiger partial charge < -0.3 is 14.5 Å². The van der Waals surface area contributed by atoms with E-state index in [1.807, 2.05) is 13.8 Å². The van der Waals surface area contributed by atoms with Crippen molar-refractivity contribution < 1.29 is 9.53 Å². The van der Waals surface area contributed by atoms with Gasteiger partial charge in [0, 0.05) is 43.5 Å². The van der Waals surface area contributed by atoms with Crippen molar-refractivity contribution in [2.45, 2.75) is 52.6 Å². The lowest BCUT2D eigenvalue weighted by Gasteiger charge is -2.45. The number of anilines is 1. The van der Waals surface area contributed by atoms with Crippen molar-refractivity contribution in [1.29, 1.82) is 0 Å². The zero-order valence-corrected chi connectivity index (χ0v) is 17.2. The molecule has 2 atom stereocenters. The molecule has 0 N–H and O–H groups in total. The molecule has 0 radical (unpaired) electrons. The van der Waals surface area contributed by atoms with E-state index in [0.29, 0.717) is 12.1 Å². The maximum absolute atomic E-state index is 11.5. The average Bonchev–Trinajstić information content (AvgIpc) is 2.67. The molecule has 27 heavy (non-hydrogen) atoms. The van der Waals surface area contributed by atoms with Crippen LogP contribution in [0.2, 0.25) is 0 Å². The van der Waals surface area contributed by atoms with Gasteiger partial charge in [-0.15, -0.1) is 0 Å². The zero-order chi connectivity index (χ0) is 19.8. The number of carbonyl (C=O) groups excluding carboxylic acids is 1. The molecule has 0 saturated carbocycles. The zero-order valence-electron chi connectivity index (χ0n) is 17.2. The largest absolute Gasteiger partial charge is 0.361 e. The summed E-state index contributed by atoms with van der Waals surface area (Å²) in [6.07, 6.45) is 5.68. The minimum atomic E-state index is -0.00706. The van der Waals surface area contributed by atoms with E-state index in [-0.39, 0.29) is 24.9 Å². The van der Waals surface area contributed by atoms with Gasteiger partial charge in [-0.05, 0) is 19.9 Å². The van der Waals surface area contributed by atoms with E-state index < -0.39 is 0 Å². The molecule has 2 rings (SSSR count). The summed E-state index contributed by atoms with van der Waals surface area (Å²) < 4.78 is 5.29. The number of carbonyl (C=O) groups is 1. The first-order valence-corrected chi connectivity index (χ1v) is 9.84. The monoisotopic (exact) mass is 372 g/mol. The van der Waals surface area contributed by atoms with Crippen LogP contribution in [0, 0.1) is 17.8 Å². The van der Waals surface area contributed by atoms with Crippen molar-refractivity contribution in [2.75, 3.05) is 38.3 Å². The Balaban J connectivity index is 1.98. The van der Waals surface area contributed by atoms with Crippen molar-refractivity contribution in [3.8, 4) is 11.8 Å². The highest BCUT2D eigenvalue weighted by molar-refractivity contribution is 5.81. The van der Waals surface area contributed by atoms with Gasteiger partial charge in [-0.2, -0.15) is 0 Å². The normalized spacial score (nSPS) is 20.4. The summed E-state index contributed by atoms with van der Waals surface area (Å²) in [7, 11) is 2.18. The van der Waals surface area contributed by atoms with E-state index in [2.05, 4.69) is 52.5 Å². The smallest absolute Gasteiger partial charge is 0.225 e. The second-order valence-corrected chi connectivity index (χ2v) is 7.44. The van der Waals surface area contributed by atoms with Crippen LogP contribution in [0.5, 0.6) is 0 Å². The minimum Gasteiger partial charge on any atom is -0.361 e. The first-order chi connectivity index (χ1) is 13.0. The van der Waals surface area contributed by atoms with E-state index >= 15 is 0 Å². The molecule has 6 nitrogen and oxygen atoms in total. The van der Waals surface area contributed by atoms with Crippen LogP contribution in [0.15, 0.2) is 12.4 Å². The van der Waals surface area contributed by atoms with Gasteiger partial charge in [0.25, 0.3) is 0 Å². The SMILES string of the molecule is CCC1CN(C)CC(CC)N1c1ncc(C#CCOCC(=O)C(C)C)cn1. The number of hydrogen-bond acceptors (Lipinski definition) is 6. The Morgan fingerprint density at radius 1 is 1.22 bits per heavy atom. The summed E-state index contributed by atoms with van der Waals surface area (Å²) in [5, 5.41) is 0. The quantitative estimate of drug-likeness (QED) is 0.541. The minimum absolute atomic E-state index is 0.00706. The number of likely N-dealkylation sites (N-methyl/N-ethyl adjacent to an activating group) is 1. The van der Waals surface area contributed by atoms with E-state index in [4.69, 9.17) is 4.74 Å². The molecule has 1 fully saturated rings. The molecule has 0 aliphatic carbocycles. The molecule has 2 heterocycles. The third-order valence-electron chi connectivity index (χ3n) is 4.94. The lowest BCUT2D eigenvalue weighted by molar-refractivity contribution is -0.126. The average molecular weight is 373 g/mol. The molecule has 148 valence electrons. The van der Waals surface area contributed by atoms with E-state index in [9.17, 15) is 4.79 Å². The summed E-state index contributed by atoms with van der Waals surface area (Å²) >= 11 is 0. The Morgan fingerprint density at radius 3 is 2.33 bits per heavy atom. The number of ketones is 1. The van der Waals surface area contributed by atoms with Gasteiger partial charge in [-0.1, -0.05) is 39.5 Å². The van der Waals surface area contributed by atoms with Crippen LogP contribution in [0.4, 0.5) is 5.95 Å². The molecular formula is C21H32N4O2. The Bertz CT molecular complexity index is 649. The number of rotatable bonds is 7. The molecule has 0 bridgehead atoms. The highest BCUT2D eigenvalue weighted by atomic mass is 16.5. The Kier molecular flexibility index (Phi) is 8.21. The predicted octanol–water partition coefficient (Wildman–Crippen LogP) is 2.38. The Hall–Kier alpha value is -1.97. The lowest BCUT2D eigenvalue weighted by atomic mass is 10.0. The van der Waals surface area contributed by atoms with E-state index in [0.717, 1.165) is 37.4 Å². The highest BCUT2D eigenvalue weighted by Crippen LogP contribution is 2.24. The number of piperazine rings is 1. The molecule has 1 saturated heterocycles. The van der Waals surface area contributed by atoms with Crippen LogP contribution in [-0.2, 0) is 9.53 Å². The fourth-order valence-corrected chi connectivity index (χ4v) is 3.27. The number of nitrogens with zero attached hydrogens (tertiary/aromatic N) is 4. The highest BCUT2D eigenvalue weighted by Gasteiger charge is 2.32. The first-order valence-electron chi connectivity index (χ1n) is 9.84. The third-order valence-corrected chi connectivity index (χ3v) is 4.94.